The minimum absolute atomic E-state index is 0.00261. The zero-order valence-electron chi connectivity index (χ0n) is 19.3. The Bertz CT molecular complexity index is 1240. The van der Waals surface area contributed by atoms with Gasteiger partial charge in [0.15, 0.2) is 11.0 Å². The van der Waals surface area contributed by atoms with Crippen molar-refractivity contribution in [2.45, 2.75) is 25.7 Å². The van der Waals surface area contributed by atoms with E-state index in [1.54, 1.807) is 6.08 Å². The largest absolute Gasteiger partial charge is 0.435 e. The lowest BCUT2D eigenvalue weighted by atomic mass is 10.1. The molecule has 0 atom stereocenters. The third-order valence-corrected chi connectivity index (χ3v) is 5.94. The molecule has 0 unspecified atom stereocenters. The molecule has 11 heteroatoms. The lowest BCUT2D eigenvalue weighted by Gasteiger charge is -2.18. The highest BCUT2D eigenvalue weighted by Gasteiger charge is 2.32. The number of rotatable bonds is 8. The van der Waals surface area contributed by atoms with Crippen molar-refractivity contribution < 1.29 is 22.8 Å². The lowest BCUT2D eigenvalue weighted by molar-refractivity contribution is -0.113. The average Bonchev–Trinajstić information content (AvgIpc) is 3.42. The Morgan fingerprint density at radius 3 is 2.46 bits per heavy atom. The van der Waals surface area contributed by atoms with E-state index in [2.05, 4.69) is 19.9 Å². The summed E-state index contributed by atoms with van der Waals surface area (Å²) in [5.74, 6) is 1.01. The topological polar surface area (TPSA) is 84.1 Å². The first-order chi connectivity index (χ1) is 16.8. The molecule has 8 nitrogen and oxygen atoms in total. The van der Waals surface area contributed by atoms with E-state index in [1.807, 2.05) is 50.2 Å². The number of hydrogen-bond acceptors (Lipinski definition) is 8. The van der Waals surface area contributed by atoms with Crippen LogP contribution in [0.4, 0.5) is 20.2 Å². The van der Waals surface area contributed by atoms with Crippen molar-refractivity contribution in [3.63, 3.8) is 0 Å². The number of aromatic nitrogens is 2. The second-order valence-electron chi connectivity index (χ2n) is 7.67. The van der Waals surface area contributed by atoms with Crippen LogP contribution < -0.4 is 14.5 Å². The highest BCUT2D eigenvalue weighted by atomic mass is 32.2. The second-order valence-corrected chi connectivity index (χ2v) is 8.61. The Morgan fingerprint density at radius 1 is 1.14 bits per heavy atom. The minimum Gasteiger partial charge on any atom is -0.435 e. The number of anilines is 2. The van der Waals surface area contributed by atoms with Crippen molar-refractivity contribution in [2.75, 3.05) is 23.9 Å². The first-order valence-corrected chi connectivity index (χ1v) is 11.7. The standard InChI is InChI=1S/C24H23F2N5O3S/c1-4-21-28-20(29-34-21)14-35-24-27-19(13-15-5-7-16(8-6-15)30(2)3)22(32)31(24)17-9-11-18(12-10-17)33-23(25)26/h5-13,23H,4,14H2,1-3H3/b19-13+. The zero-order valence-corrected chi connectivity index (χ0v) is 20.1. The van der Waals surface area contributed by atoms with Gasteiger partial charge in [-0.1, -0.05) is 36.0 Å². The first-order valence-electron chi connectivity index (χ1n) is 10.8. The van der Waals surface area contributed by atoms with Gasteiger partial charge in [-0.15, -0.1) is 0 Å². The van der Waals surface area contributed by atoms with Gasteiger partial charge in [0, 0.05) is 26.2 Å². The van der Waals surface area contributed by atoms with Gasteiger partial charge in [-0.3, -0.25) is 9.69 Å². The van der Waals surface area contributed by atoms with E-state index >= 15 is 0 Å². The smallest absolute Gasteiger partial charge is 0.387 e. The van der Waals surface area contributed by atoms with Crippen LogP contribution in [-0.2, 0) is 17.0 Å². The minimum atomic E-state index is -2.93. The number of hydrogen-bond donors (Lipinski definition) is 0. The molecule has 0 N–H and O–H groups in total. The molecular weight excluding hydrogens is 476 g/mol. The van der Waals surface area contributed by atoms with Gasteiger partial charge in [0.1, 0.15) is 11.4 Å². The van der Waals surface area contributed by atoms with E-state index in [4.69, 9.17) is 4.52 Å². The third-order valence-electron chi connectivity index (χ3n) is 5.01. The summed E-state index contributed by atoms with van der Waals surface area (Å²) in [5.41, 5.74) is 2.57. The fourth-order valence-electron chi connectivity index (χ4n) is 3.25. The molecule has 2 heterocycles. The molecule has 0 fully saturated rings. The molecule has 0 saturated carbocycles. The van der Waals surface area contributed by atoms with Crippen LogP contribution in [0.15, 0.2) is 63.7 Å². The summed E-state index contributed by atoms with van der Waals surface area (Å²) >= 11 is 1.27. The normalized spacial score (nSPS) is 14.7. The van der Waals surface area contributed by atoms with E-state index < -0.39 is 6.61 Å². The Morgan fingerprint density at radius 2 is 1.86 bits per heavy atom. The number of carbonyl (C=O) groups is 1. The third kappa shape index (κ3) is 5.86. The fourth-order valence-corrected chi connectivity index (χ4v) is 4.10. The fraction of sp³-hybridized carbons (Fsp3) is 0.250. The molecule has 0 spiro atoms. The molecule has 1 amide bonds. The van der Waals surface area contributed by atoms with Crippen LogP contribution in [0.5, 0.6) is 5.75 Å². The Labute approximate surface area is 205 Å². The lowest BCUT2D eigenvalue weighted by Crippen LogP contribution is -2.30. The zero-order chi connectivity index (χ0) is 24.9. The summed E-state index contributed by atoms with van der Waals surface area (Å²) < 4.78 is 34.6. The number of carbonyl (C=O) groups excluding carboxylic acids is 1. The van der Waals surface area contributed by atoms with Crippen molar-refractivity contribution in [2.24, 2.45) is 4.99 Å². The molecule has 0 radical (unpaired) electrons. The van der Waals surface area contributed by atoms with Gasteiger partial charge in [0.25, 0.3) is 5.91 Å². The maximum absolute atomic E-state index is 13.3. The van der Waals surface area contributed by atoms with Crippen molar-refractivity contribution in [1.82, 2.24) is 10.1 Å². The van der Waals surface area contributed by atoms with Crippen LogP contribution in [-0.4, -0.2) is 41.9 Å². The average molecular weight is 500 g/mol. The van der Waals surface area contributed by atoms with E-state index in [0.29, 0.717) is 34.7 Å². The van der Waals surface area contributed by atoms with E-state index in [0.717, 1.165) is 11.3 Å². The number of nitrogens with zero attached hydrogens (tertiary/aromatic N) is 5. The number of amides is 1. The number of thioether (sulfide) groups is 1. The van der Waals surface area contributed by atoms with Gasteiger partial charge < -0.3 is 14.2 Å². The van der Waals surface area contributed by atoms with Crippen LogP contribution in [0.25, 0.3) is 6.08 Å². The van der Waals surface area contributed by atoms with Gasteiger partial charge in [-0.05, 0) is 48.0 Å². The monoisotopic (exact) mass is 499 g/mol. The van der Waals surface area contributed by atoms with E-state index in [-0.39, 0.29) is 17.4 Å². The molecule has 1 aliphatic rings. The number of amidine groups is 1. The van der Waals surface area contributed by atoms with Gasteiger partial charge >= 0.3 is 6.61 Å². The molecule has 3 aromatic rings. The van der Waals surface area contributed by atoms with Gasteiger partial charge in [-0.2, -0.15) is 13.8 Å². The maximum Gasteiger partial charge on any atom is 0.387 e. The summed E-state index contributed by atoms with van der Waals surface area (Å²) in [6.45, 7) is -1.02. The number of ether oxygens (including phenoxy) is 1. The van der Waals surface area contributed by atoms with Crippen LogP contribution in [0.3, 0.4) is 0 Å². The molecule has 0 aliphatic carbocycles. The second kappa shape index (κ2) is 10.7. The highest BCUT2D eigenvalue weighted by molar-refractivity contribution is 8.13. The van der Waals surface area contributed by atoms with Crippen LogP contribution in [0.2, 0.25) is 0 Å². The van der Waals surface area contributed by atoms with Crippen LogP contribution in [0, 0.1) is 0 Å². The number of halogens is 2. The van der Waals surface area contributed by atoms with Gasteiger partial charge in [0.2, 0.25) is 5.89 Å². The predicted octanol–water partition coefficient (Wildman–Crippen LogP) is 4.98. The van der Waals surface area contributed by atoms with Crippen LogP contribution >= 0.6 is 11.8 Å². The summed E-state index contributed by atoms with van der Waals surface area (Å²) in [6.07, 6.45) is 2.33. The first kappa shape index (κ1) is 24.4. The molecule has 2 aromatic carbocycles. The molecule has 182 valence electrons. The number of benzene rings is 2. The molecule has 0 bridgehead atoms. The Kier molecular flexibility index (Phi) is 7.45. The quantitative estimate of drug-likeness (QED) is 0.404. The maximum atomic E-state index is 13.3. The molecule has 0 saturated heterocycles. The SMILES string of the molecule is CCc1nc(CSC2=N/C(=C/c3ccc(N(C)C)cc3)C(=O)N2c2ccc(OC(F)F)cc2)no1. The summed E-state index contributed by atoms with van der Waals surface area (Å²) in [6, 6.07) is 13.5. The van der Waals surface area contributed by atoms with E-state index in [9.17, 15) is 13.6 Å². The summed E-state index contributed by atoms with van der Waals surface area (Å²) in [5, 5.41) is 4.36. The molecular formula is C24H23F2N5O3S. The number of aliphatic imine (C=N–C) groups is 1. The van der Waals surface area contributed by atoms with Gasteiger partial charge in [-0.25, -0.2) is 4.99 Å². The van der Waals surface area contributed by atoms with Gasteiger partial charge in [0.05, 0.1) is 11.4 Å². The van der Waals surface area contributed by atoms with Crippen LogP contribution in [0.1, 0.15) is 24.2 Å². The summed E-state index contributed by atoms with van der Waals surface area (Å²) in [4.78, 5) is 25.6. The Balaban J connectivity index is 1.62. The van der Waals surface area contributed by atoms with Crippen molar-refractivity contribution in [1.29, 1.82) is 0 Å². The molecule has 1 aliphatic heterocycles. The number of aryl methyl sites for hydroxylation is 1. The molecule has 1 aromatic heterocycles. The molecule has 4 rings (SSSR count). The molecule has 35 heavy (non-hydrogen) atoms. The van der Waals surface area contributed by atoms with E-state index in [1.165, 1.54) is 40.9 Å². The number of alkyl halides is 2. The summed E-state index contributed by atoms with van der Waals surface area (Å²) in [7, 11) is 3.90. The predicted molar refractivity (Wildman–Crippen MR) is 132 cm³/mol. The van der Waals surface area contributed by atoms with Crippen molar-refractivity contribution >= 4 is 40.3 Å². The Hall–Kier alpha value is -3.73. The highest BCUT2D eigenvalue weighted by Crippen LogP contribution is 2.32. The van der Waals surface area contributed by atoms with Crippen molar-refractivity contribution in [3.05, 3.63) is 71.5 Å². The van der Waals surface area contributed by atoms with Crippen molar-refractivity contribution in [3.8, 4) is 5.75 Å².